The average Bonchev–Trinajstić information content (AvgIpc) is 2.53. The minimum absolute atomic E-state index is 0.00940. The summed E-state index contributed by atoms with van der Waals surface area (Å²) >= 11 is 0. The molecule has 0 saturated carbocycles. The van der Waals surface area contributed by atoms with Crippen molar-refractivity contribution in [1.29, 1.82) is 0 Å². The standard InChI is InChI=1S/C18H17NO5/c1-3-24-14-8-9-15(12(2)10-14)16(18(20)21)11-13-6-4-5-7-17(13)19(22)23/h4-11H,3H2,1-2H3,(H,20,21)/b16-11-. The van der Waals surface area contributed by atoms with Gasteiger partial charge >= 0.3 is 5.97 Å². The van der Waals surface area contributed by atoms with E-state index in [-0.39, 0.29) is 16.8 Å². The predicted octanol–water partition coefficient (Wildman–Crippen LogP) is 3.93. The van der Waals surface area contributed by atoms with E-state index in [9.17, 15) is 20.0 Å². The molecule has 0 bridgehead atoms. The second-order valence-corrected chi connectivity index (χ2v) is 5.09. The van der Waals surface area contributed by atoms with Crippen molar-refractivity contribution >= 4 is 23.3 Å². The highest BCUT2D eigenvalue weighted by Gasteiger charge is 2.17. The Morgan fingerprint density at radius 2 is 2.00 bits per heavy atom. The van der Waals surface area contributed by atoms with Gasteiger partial charge in [0, 0.05) is 6.07 Å². The van der Waals surface area contributed by atoms with Crippen LogP contribution < -0.4 is 4.74 Å². The number of aliphatic carboxylic acids is 1. The lowest BCUT2D eigenvalue weighted by molar-refractivity contribution is -0.385. The van der Waals surface area contributed by atoms with E-state index in [1.807, 2.05) is 6.92 Å². The van der Waals surface area contributed by atoms with Crippen LogP contribution in [-0.4, -0.2) is 22.6 Å². The van der Waals surface area contributed by atoms with Crippen LogP contribution in [0.2, 0.25) is 0 Å². The minimum atomic E-state index is -1.15. The van der Waals surface area contributed by atoms with Gasteiger partial charge < -0.3 is 9.84 Å². The molecule has 0 aliphatic rings. The molecule has 24 heavy (non-hydrogen) atoms. The zero-order valence-electron chi connectivity index (χ0n) is 13.4. The number of nitro groups is 1. The molecular weight excluding hydrogens is 310 g/mol. The van der Waals surface area contributed by atoms with Crippen molar-refractivity contribution in [2.75, 3.05) is 6.61 Å². The molecule has 0 atom stereocenters. The maximum Gasteiger partial charge on any atom is 0.336 e. The Labute approximate surface area is 139 Å². The summed E-state index contributed by atoms with van der Waals surface area (Å²) in [6.45, 7) is 4.14. The van der Waals surface area contributed by atoms with Crippen molar-refractivity contribution in [2.45, 2.75) is 13.8 Å². The molecule has 2 rings (SSSR count). The Bertz CT molecular complexity index is 811. The molecule has 0 spiro atoms. The fraction of sp³-hybridized carbons (Fsp3) is 0.167. The van der Waals surface area contributed by atoms with Gasteiger partial charge in [0.25, 0.3) is 5.69 Å². The molecule has 2 aromatic carbocycles. The Balaban J connectivity index is 2.55. The highest BCUT2D eigenvalue weighted by atomic mass is 16.6. The largest absolute Gasteiger partial charge is 0.494 e. The molecule has 0 aliphatic carbocycles. The van der Waals surface area contributed by atoms with Crippen LogP contribution in [0, 0.1) is 17.0 Å². The van der Waals surface area contributed by atoms with Crippen molar-refractivity contribution < 1.29 is 19.6 Å². The highest BCUT2D eigenvalue weighted by molar-refractivity contribution is 6.21. The third kappa shape index (κ3) is 3.78. The topological polar surface area (TPSA) is 89.7 Å². The Kier molecular flexibility index (Phi) is 5.31. The van der Waals surface area contributed by atoms with Gasteiger partial charge in [-0.15, -0.1) is 0 Å². The molecule has 0 amide bonds. The first-order valence-electron chi connectivity index (χ1n) is 7.36. The van der Waals surface area contributed by atoms with Gasteiger partial charge in [0.2, 0.25) is 0 Å². The summed E-state index contributed by atoms with van der Waals surface area (Å²) in [6, 6.07) is 11.1. The van der Waals surface area contributed by atoms with Crippen molar-refractivity contribution in [3.05, 3.63) is 69.3 Å². The molecule has 6 nitrogen and oxygen atoms in total. The van der Waals surface area contributed by atoms with E-state index in [0.717, 1.165) is 0 Å². The maximum atomic E-state index is 11.7. The van der Waals surface area contributed by atoms with Crippen molar-refractivity contribution in [3.8, 4) is 5.75 Å². The highest BCUT2D eigenvalue weighted by Crippen LogP contribution is 2.28. The summed E-state index contributed by atoms with van der Waals surface area (Å²) in [4.78, 5) is 22.3. The van der Waals surface area contributed by atoms with Crippen molar-refractivity contribution in [3.63, 3.8) is 0 Å². The SMILES string of the molecule is CCOc1ccc(/C(=C/c2ccccc2[N+](=O)[O-])C(=O)O)c(C)c1. The number of hydrogen-bond acceptors (Lipinski definition) is 4. The molecule has 1 N–H and O–H groups in total. The molecule has 0 radical (unpaired) electrons. The van der Waals surface area contributed by atoms with E-state index in [1.165, 1.54) is 24.3 Å². The molecule has 6 heteroatoms. The van der Waals surface area contributed by atoms with Gasteiger partial charge in [0.1, 0.15) is 5.75 Å². The Morgan fingerprint density at radius 3 is 2.58 bits per heavy atom. The van der Waals surface area contributed by atoms with Crippen LogP contribution in [0.4, 0.5) is 5.69 Å². The average molecular weight is 327 g/mol. The van der Waals surface area contributed by atoms with Crippen molar-refractivity contribution in [2.24, 2.45) is 0 Å². The minimum Gasteiger partial charge on any atom is -0.494 e. The van der Waals surface area contributed by atoms with Crippen LogP contribution >= 0.6 is 0 Å². The van der Waals surface area contributed by atoms with Gasteiger partial charge in [-0.2, -0.15) is 0 Å². The Morgan fingerprint density at radius 1 is 1.29 bits per heavy atom. The first-order valence-corrected chi connectivity index (χ1v) is 7.36. The molecular formula is C18H17NO5. The van der Waals surface area contributed by atoms with Gasteiger partial charge in [0.15, 0.2) is 0 Å². The van der Waals surface area contributed by atoms with Crippen LogP contribution in [0.5, 0.6) is 5.75 Å². The lowest BCUT2D eigenvalue weighted by Crippen LogP contribution is -2.03. The number of ether oxygens (including phenoxy) is 1. The summed E-state index contributed by atoms with van der Waals surface area (Å²) in [6.07, 6.45) is 1.32. The fourth-order valence-electron chi connectivity index (χ4n) is 2.38. The monoisotopic (exact) mass is 327 g/mol. The third-order valence-corrected chi connectivity index (χ3v) is 3.46. The maximum absolute atomic E-state index is 11.7. The number of carbonyl (C=O) groups is 1. The zero-order chi connectivity index (χ0) is 17.7. The molecule has 0 fully saturated rings. The molecule has 0 aromatic heterocycles. The van der Waals surface area contributed by atoms with Gasteiger partial charge in [-0.1, -0.05) is 18.2 Å². The van der Waals surface area contributed by atoms with E-state index in [0.29, 0.717) is 23.5 Å². The summed E-state index contributed by atoms with van der Waals surface area (Å²) in [5, 5.41) is 20.7. The first kappa shape index (κ1) is 17.2. The molecule has 0 aliphatic heterocycles. The normalized spacial score (nSPS) is 11.2. The van der Waals surface area contributed by atoms with Crippen LogP contribution in [0.3, 0.4) is 0 Å². The molecule has 0 saturated heterocycles. The van der Waals surface area contributed by atoms with Crippen molar-refractivity contribution in [1.82, 2.24) is 0 Å². The van der Waals surface area contributed by atoms with Crippen LogP contribution in [0.25, 0.3) is 11.6 Å². The summed E-state index contributed by atoms with van der Waals surface area (Å²) in [7, 11) is 0. The second kappa shape index (κ2) is 7.41. The number of nitrogens with zero attached hydrogens (tertiary/aromatic N) is 1. The number of hydrogen-bond donors (Lipinski definition) is 1. The quantitative estimate of drug-likeness (QED) is 0.376. The van der Waals surface area contributed by atoms with E-state index in [1.54, 1.807) is 31.2 Å². The number of aryl methyl sites for hydroxylation is 1. The number of carboxylic acid groups (broad SMARTS) is 1. The summed E-state index contributed by atoms with van der Waals surface area (Å²) in [5.74, 6) is -0.505. The van der Waals surface area contributed by atoms with E-state index in [2.05, 4.69) is 0 Å². The van der Waals surface area contributed by atoms with Gasteiger partial charge in [-0.05, 0) is 49.2 Å². The first-order chi connectivity index (χ1) is 11.4. The van der Waals surface area contributed by atoms with Crippen LogP contribution in [0.1, 0.15) is 23.6 Å². The Hall–Kier alpha value is -3.15. The smallest absolute Gasteiger partial charge is 0.336 e. The summed E-state index contributed by atoms with van der Waals surface area (Å²) < 4.78 is 5.39. The lowest BCUT2D eigenvalue weighted by atomic mass is 9.97. The third-order valence-electron chi connectivity index (χ3n) is 3.46. The summed E-state index contributed by atoms with van der Waals surface area (Å²) in [5.41, 5.74) is 1.30. The molecule has 2 aromatic rings. The predicted molar refractivity (Wildman–Crippen MR) is 91.0 cm³/mol. The van der Waals surface area contributed by atoms with E-state index >= 15 is 0 Å². The fourth-order valence-corrected chi connectivity index (χ4v) is 2.38. The molecule has 0 unspecified atom stereocenters. The van der Waals surface area contributed by atoms with Crippen LogP contribution in [-0.2, 0) is 4.79 Å². The number of nitro benzene ring substituents is 1. The van der Waals surface area contributed by atoms with Gasteiger partial charge in [-0.25, -0.2) is 4.79 Å². The zero-order valence-corrected chi connectivity index (χ0v) is 13.4. The number of para-hydroxylation sites is 1. The molecule has 124 valence electrons. The van der Waals surface area contributed by atoms with Crippen LogP contribution in [0.15, 0.2) is 42.5 Å². The van der Waals surface area contributed by atoms with Gasteiger partial charge in [0.05, 0.1) is 22.7 Å². The lowest BCUT2D eigenvalue weighted by Gasteiger charge is -2.10. The van der Waals surface area contributed by atoms with Gasteiger partial charge in [-0.3, -0.25) is 10.1 Å². The van der Waals surface area contributed by atoms with E-state index < -0.39 is 10.9 Å². The second-order valence-electron chi connectivity index (χ2n) is 5.09. The van der Waals surface area contributed by atoms with E-state index in [4.69, 9.17) is 4.74 Å². The number of rotatable bonds is 6. The number of carboxylic acids is 1. The molecule has 0 heterocycles. The number of benzene rings is 2.